The molecule has 0 fully saturated rings. The number of fused-ring (bicyclic) bond motifs is 1. The molecule has 4 rings (SSSR count). The standard InChI is InChI=1S/C18H17N5O2/c1-10-7-12(8-11(2)16(10)24)17-19-4-3-13(21-17)14-9-15-18(25)20-5-6-23(15)22-14/h3-4,7-9,24H,5-6H2,1-2H3,(H,20,25). The largest absolute Gasteiger partial charge is 0.507 e. The number of hydrogen-bond acceptors (Lipinski definition) is 5. The smallest absolute Gasteiger partial charge is 0.269 e. The highest BCUT2D eigenvalue weighted by atomic mass is 16.3. The fraction of sp³-hybridized carbons (Fsp3) is 0.222. The fourth-order valence-electron chi connectivity index (χ4n) is 2.99. The molecule has 0 saturated heterocycles. The molecule has 3 heterocycles. The lowest BCUT2D eigenvalue weighted by Crippen LogP contribution is -2.35. The summed E-state index contributed by atoms with van der Waals surface area (Å²) >= 11 is 0. The Balaban J connectivity index is 1.77. The molecule has 3 aromatic rings. The molecule has 1 aromatic carbocycles. The first-order valence-corrected chi connectivity index (χ1v) is 8.03. The van der Waals surface area contributed by atoms with Gasteiger partial charge in [0, 0.05) is 18.3 Å². The Hall–Kier alpha value is -3.22. The summed E-state index contributed by atoms with van der Waals surface area (Å²) in [7, 11) is 0. The first-order valence-electron chi connectivity index (χ1n) is 8.03. The van der Waals surface area contributed by atoms with Gasteiger partial charge in [0.05, 0.1) is 12.2 Å². The molecule has 1 amide bonds. The van der Waals surface area contributed by atoms with Gasteiger partial charge in [-0.05, 0) is 49.2 Å². The van der Waals surface area contributed by atoms with Crippen molar-refractivity contribution in [3.8, 4) is 28.5 Å². The minimum Gasteiger partial charge on any atom is -0.507 e. The molecule has 0 bridgehead atoms. The highest BCUT2D eigenvalue weighted by Crippen LogP contribution is 2.28. The highest BCUT2D eigenvalue weighted by molar-refractivity contribution is 5.94. The number of nitrogens with one attached hydrogen (secondary N) is 1. The number of phenolic OH excluding ortho intramolecular Hbond substituents is 1. The molecule has 2 N–H and O–H groups in total. The Labute approximate surface area is 144 Å². The average molecular weight is 335 g/mol. The predicted octanol–water partition coefficient (Wildman–Crippen LogP) is 2.07. The van der Waals surface area contributed by atoms with E-state index in [1.807, 2.05) is 26.0 Å². The molecule has 1 aliphatic rings. The molecular formula is C18H17N5O2. The molecule has 0 aliphatic carbocycles. The second kappa shape index (κ2) is 5.70. The van der Waals surface area contributed by atoms with E-state index in [0.29, 0.717) is 36.0 Å². The summed E-state index contributed by atoms with van der Waals surface area (Å²) < 4.78 is 1.70. The number of aromatic nitrogens is 4. The molecule has 25 heavy (non-hydrogen) atoms. The Kier molecular flexibility index (Phi) is 3.49. The number of carbonyl (C=O) groups excluding carboxylic acids is 1. The summed E-state index contributed by atoms with van der Waals surface area (Å²) in [5, 5.41) is 17.2. The van der Waals surface area contributed by atoms with Gasteiger partial charge in [0.25, 0.3) is 5.91 Å². The van der Waals surface area contributed by atoms with Crippen molar-refractivity contribution >= 4 is 5.91 Å². The zero-order valence-electron chi connectivity index (χ0n) is 13.9. The van der Waals surface area contributed by atoms with Crippen LogP contribution in [0.5, 0.6) is 5.75 Å². The maximum atomic E-state index is 11.9. The Morgan fingerprint density at radius 3 is 2.64 bits per heavy atom. The number of benzene rings is 1. The van der Waals surface area contributed by atoms with Gasteiger partial charge >= 0.3 is 0 Å². The van der Waals surface area contributed by atoms with Crippen molar-refractivity contribution in [3.63, 3.8) is 0 Å². The molecule has 2 aromatic heterocycles. The van der Waals surface area contributed by atoms with Crippen LogP contribution in [0.3, 0.4) is 0 Å². The van der Waals surface area contributed by atoms with Gasteiger partial charge in [0.1, 0.15) is 17.1 Å². The van der Waals surface area contributed by atoms with Crippen LogP contribution >= 0.6 is 0 Å². The van der Waals surface area contributed by atoms with E-state index in [4.69, 9.17) is 0 Å². The molecule has 7 nitrogen and oxygen atoms in total. The van der Waals surface area contributed by atoms with Crippen LogP contribution in [0, 0.1) is 13.8 Å². The van der Waals surface area contributed by atoms with Crippen molar-refractivity contribution in [2.24, 2.45) is 0 Å². The van der Waals surface area contributed by atoms with Crippen LogP contribution < -0.4 is 5.32 Å². The zero-order valence-corrected chi connectivity index (χ0v) is 13.9. The fourth-order valence-corrected chi connectivity index (χ4v) is 2.99. The highest BCUT2D eigenvalue weighted by Gasteiger charge is 2.20. The van der Waals surface area contributed by atoms with E-state index in [-0.39, 0.29) is 11.7 Å². The molecule has 7 heteroatoms. The quantitative estimate of drug-likeness (QED) is 0.748. The van der Waals surface area contributed by atoms with E-state index in [0.717, 1.165) is 16.7 Å². The molecule has 0 saturated carbocycles. The number of aromatic hydroxyl groups is 1. The monoisotopic (exact) mass is 335 g/mol. The first-order chi connectivity index (χ1) is 12.0. The van der Waals surface area contributed by atoms with Crippen molar-refractivity contribution in [2.45, 2.75) is 20.4 Å². The SMILES string of the molecule is Cc1cc(-c2nccc(-c3cc4n(n3)CCNC4=O)n2)cc(C)c1O. The van der Waals surface area contributed by atoms with Crippen molar-refractivity contribution in [1.29, 1.82) is 0 Å². The van der Waals surface area contributed by atoms with Crippen LogP contribution in [0.1, 0.15) is 21.6 Å². The van der Waals surface area contributed by atoms with Gasteiger partial charge in [0.15, 0.2) is 5.82 Å². The minimum atomic E-state index is -0.121. The lowest BCUT2D eigenvalue weighted by Gasteiger charge is -2.13. The molecule has 0 unspecified atom stereocenters. The van der Waals surface area contributed by atoms with Crippen molar-refractivity contribution in [1.82, 2.24) is 25.1 Å². The number of phenols is 1. The zero-order chi connectivity index (χ0) is 17.6. The maximum absolute atomic E-state index is 11.9. The van der Waals surface area contributed by atoms with Crippen LogP contribution in [0.15, 0.2) is 30.5 Å². The third kappa shape index (κ3) is 2.63. The number of rotatable bonds is 2. The Bertz CT molecular complexity index is 970. The normalized spacial score (nSPS) is 13.4. The van der Waals surface area contributed by atoms with E-state index in [1.165, 1.54) is 0 Å². The molecule has 0 spiro atoms. The summed E-state index contributed by atoms with van der Waals surface area (Å²) in [4.78, 5) is 20.8. The van der Waals surface area contributed by atoms with E-state index in [1.54, 1.807) is 23.0 Å². The number of amides is 1. The summed E-state index contributed by atoms with van der Waals surface area (Å²) in [5.74, 6) is 0.718. The van der Waals surface area contributed by atoms with Crippen LogP contribution in [-0.4, -0.2) is 37.3 Å². The molecular weight excluding hydrogens is 318 g/mol. The van der Waals surface area contributed by atoms with Crippen molar-refractivity contribution in [2.75, 3.05) is 6.54 Å². The summed E-state index contributed by atoms with van der Waals surface area (Å²) in [6.45, 7) is 4.92. The first kappa shape index (κ1) is 15.3. The van der Waals surface area contributed by atoms with E-state index in [2.05, 4.69) is 20.4 Å². The van der Waals surface area contributed by atoms with Gasteiger partial charge in [-0.15, -0.1) is 0 Å². The van der Waals surface area contributed by atoms with Gasteiger partial charge < -0.3 is 10.4 Å². The molecule has 1 aliphatic heterocycles. The number of carbonyl (C=O) groups is 1. The number of nitrogens with zero attached hydrogens (tertiary/aromatic N) is 4. The van der Waals surface area contributed by atoms with Crippen LogP contribution in [0.4, 0.5) is 0 Å². The maximum Gasteiger partial charge on any atom is 0.269 e. The Morgan fingerprint density at radius 2 is 1.92 bits per heavy atom. The molecule has 126 valence electrons. The summed E-state index contributed by atoms with van der Waals surface area (Å²) in [6.07, 6.45) is 1.67. The van der Waals surface area contributed by atoms with E-state index < -0.39 is 0 Å². The average Bonchev–Trinajstić information content (AvgIpc) is 3.05. The van der Waals surface area contributed by atoms with Crippen molar-refractivity contribution in [3.05, 3.63) is 47.3 Å². The topological polar surface area (TPSA) is 92.9 Å². The summed E-state index contributed by atoms with van der Waals surface area (Å²) in [5.41, 5.74) is 4.22. The minimum absolute atomic E-state index is 0.121. The second-order valence-corrected chi connectivity index (χ2v) is 6.12. The molecule has 0 atom stereocenters. The van der Waals surface area contributed by atoms with Crippen LogP contribution in [0.25, 0.3) is 22.8 Å². The lowest BCUT2D eigenvalue weighted by molar-refractivity contribution is 0.0924. The van der Waals surface area contributed by atoms with Gasteiger partial charge in [-0.3, -0.25) is 9.48 Å². The van der Waals surface area contributed by atoms with Gasteiger partial charge in [-0.1, -0.05) is 0 Å². The van der Waals surface area contributed by atoms with Crippen LogP contribution in [-0.2, 0) is 6.54 Å². The van der Waals surface area contributed by atoms with E-state index >= 15 is 0 Å². The molecule has 0 radical (unpaired) electrons. The van der Waals surface area contributed by atoms with Gasteiger partial charge in [-0.2, -0.15) is 5.10 Å². The van der Waals surface area contributed by atoms with Gasteiger partial charge in [0.2, 0.25) is 0 Å². The second-order valence-electron chi connectivity index (χ2n) is 6.12. The number of aryl methyl sites for hydroxylation is 2. The van der Waals surface area contributed by atoms with Crippen LogP contribution in [0.2, 0.25) is 0 Å². The summed E-state index contributed by atoms with van der Waals surface area (Å²) in [6, 6.07) is 7.23. The lowest BCUT2D eigenvalue weighted by atomic mass is 10.1. The van der Waals surface area contributed by atoms with E-state index in [9.17, 15) is 9.90 Å². The van der Waals surface area contributed by atoms with Crippen molar-refractivity contribution < 1.29 is 9.90 Å². The predicted molar refractivity (Wildman–Crippen MR) is 92.2 cm³/mol. The number of hydrogen-bond donors (Lipinski definition) is 2. The third-order valence-corrected chi connectivity index (χ3v) is 4.29. The van der Waals surface area contributed by atoms with Gasteiger partial charge in [-0.25, -0.2) is 9.97 Å². The Morgan fingerprint density at radius 1 is 1.16 bits per heavy atom. The third-order valence-electron chi connectivity index (χ3n) is 4.29.